The average molecular weight is 206 g/mol. The molecule has 1 fully saturated rings. The first-order chi connectivity index (χ1) is 7.25. The van der Waals surface area contributed by atoms with Crippen LogP contribution in [0.2, 0.25) is 0 Å². The molecule has 2 N–H and O–H groups in total. The maximum atomic E-state index is 5.87. The number of hydrogen-bond acceptors (Lipinski definition) is 3. The molecule has 0 aliphatic heterocycles. The second-order valence-corrected chi connectivity index (χ2v) is 4.27. The lowest BCUT2D eigenvalue weighted by atomic mass is 9.98. The molecule has 1 saturated carbocycles. The molecule has 0 amide bonds. The van der Waals surface area contributed by atoms with Gasteiger partial charge in [-0.2, -0.15) is 0 Å². The first-order valence-electron chi connectivity index (χ1n) is 5.64. The molecule has 1 aliphatic rings. The van der Waals surface area contributed by atoms with Crippen LogP contribution in [0.25, 0.3) is 0 Å². The van der Waals surface area contributed by atoms with Crippen LogP contribution in [0.15, 0.2) is 12.3 Å². The first-order valence-corrected chi connectivity index (χ1v) is 5.64. The van der Waals surface area contributed by atoms with E-state index in [1.54, 1.807) is 6.20 Å². The number of pyridine rings is 1. The molecule has 0 spiro atoms. The van der Waals surface area contributed by atoms with E-state index in [9.17, 15) is 0 Å². The summed E-state index contributed by atoms with van der Waals surface area (Å²) in [5.41, 5.74) is 7.37. The molecule has 0 atom stereocenters. The Morgan fingerprint density at radius 1 is 1.33 bits per heavy atom. The van der Waals surface area contributed by atoms with Crippen molar-refractivity contribution in [3.05, 3.63) is 17.8 Å². The quantitative estimate of drug-likeness (QED) is 0.809. The number of nitrogens with zero attached hydrogens (tertiary/aromatic N) is 1. The van der Waals surface area contributed by atoms with Crippen molar-refractivity contribution in [2.75, 3.05) is 5.73 Å². The van der Waals surface area contributed by atoms with Crippen molar-refractivity contribution < 1.29 is 4.74 Å². The Balaban J connectivity index is 2.03. The zero-order valence-electron chi connectivity index (χ0n) is 9.20. The highest BCUT2D eigenvalue weighted by molar-refractivity contribution is 5.41. The van der Waals surface area contributed by atoms with Gasteiger partial charge in [-0.15, -0.1) is 0 Å². The molecule has 0 aromatic carbocycles. The number of anilines is 1. The number of aryl methyl sites for hydroxylation is 1. The summed E-state index contributed by atoms with van der Waals surface area (Å²) in [7, 11) is 0. The summed E-state index contributed by atoms with van der Waals surface area (Å²) in [4.78, 5) is 4.22. The van der Waals surface area contributed by atoms with Gasteiger partial charge in [-0.05, 0) is 38.7 Å². The maximum Gasteiger partial charge on any atom is 0.216 e. The monoisotopic (exact) mass is 206 g/mol. The smallest absolute Gasteiger partial charge is 0.216 e. The molecular formula is C12H18N2O. The van der Waals surface area contributed by atoms with Crippen LogP contribution in [-0.4, -0.2) is 11.1 Å². The van der Waals surface area contributed by atoms with Gasteiger partial charge in [-0.1, -0.05) is 6.42 Å². The average Bonchev–Trinajstić information content (AvgIpc) is 2.24. The molecule has 82 valence electrons. The van der Waals surface area contributed by atoms with E-state index in [4.69, 9.17) is 10.5 Å². The molecule has 1 aromatic rings. The Bertz CT molecular complexity index is 332. The van der Waals surface area contributed by atoms with E-state index < -0.39 is 0 Å². The lowest BCUT2D eigenvalue weighted by Crippen LogP contribution is -2.20. The lowest BCUT2D eigenvalue weighted by Gasteiger charge is -2.23. The Morgan fingerprint density at radius 3 is 2.73 bits per heavy atom. The molecule has 0 bridgehead atoms. The van der Waals surface area contributed by atoms with Crippen molar-refractivity contribution in [1.82, 2.24) is 4.98 Å². The third-order valence-electron chi connectivity index (χ3n) is 2.88. The van der Waals surface area contributed by atoms with E-state index in [2.05, 4.69) is 4.98 Å². The summed E-state index contributed by atoms with van der Waals surface area (Å²) >= 11 is 0. The van der Waals surface area contributed by atoms with Crippen LogP contribution in [0.4, 0.5) is 5.69 Å². The van der Waals surface area contributed by atoms with Crippen molar-refractivity contribution in [2.24, 2.45) is 0 Å². The molecule has 2 rings (SSSR count). The normalized spacial score (nSPS) is 17.7. The predicted octanol–water partition coefficient (Wildman–Crippen LogP) is 2.68. The van der Waals surface area contributed by atoms with Crippen molar-refractivity contribution in [3.63, 3.8) is 0 Å². The van der Waals surface area contributed by atoms with Crippen molar-refractivity contribution >= 4 is 5.69 Å². The summed E-state index contributed by atoms with van der Waals surface area (Å²) in [6.45, 7) is 1.99. The largest absolute Gasteiger partial charge is 0.474 e. The van der Waals surface area contributed by atoms with E-state index in [0.717, 1.165) is 24.3 Å². The highest BCUT2D eigenvalue weighted by Gasteiger charge is 2.16. The van der Waals surface area contributed by atoms with Gasteiger partial charge in [0.2, 0.25) is 5.88 Å². The highest BCUT2D eigenvalue weighted by Crippen LogP contribution is 2.24. The number of hydrogen-bond donors (Lipinski definition) is 1. The second kappa shape index (κ2) is 4.51. The van der Waals surface area contributed by atoms with Gasteiger partial charge < -0.3 is 10.5 Å². The fourth-order valence-corrected chi connectivity index (χ4v) is 2.05. The first kappa shape index (κ1) is 10.3. The lowest BCUT2D eigenvalue weighted by molar-refractivity contribution is 0.147. The van der Waals surface area contributed by atoms with Gasteiger partial charge in [-0.25, -0.2) is 4.98 Å². The third kappa shape index (κ3) is 2.61. The van der Waals surface area contributed by atoms with Crippen LogP contribution in [0.1, 0.15) is 37.7 Å². The fourth-order valence-electron chi connectivity index (χ4n) is 2.05. The SMILES string of the molecule is Cc1cc(N)cnc1OC1CCCCC1. The maximum absolute atomic E-state index is 5.87. The van der Waals surface area contributed by atoms with E-state index in [-0.39, 0.29) is 0 Å². The zero-order valence-corrected chi connectivity index (χ0v) is 9.20. The molecule has 1 heterocycles. The number of nitrogen functional groups attached to an aromatic ring is 1. The number of ether oxygens (including phenoxy) is 1. The third-order valence-corrected chi connectivity index (χ3v) is 2.88. The molecule has 0 radical (unpaired) electrons. The molecule has 3 heteroatoms. The van der Waals surface area contributed by atoms with Crippen LogP contribution in [0.3, 0.4) is 0 Å². The fraction of sp³-hybridized carbons (Fsp3) is 0.583. The summed E-state index contributed by atoms with van der Waals surface area (Å²) in [6, 6.07) is 1.91. The molecular weight excluding hydrogens is 188 g/mol. The standard InChI is InChI=1S/C12H18N2O/c1-9-7-10(13)8-14-12(9)15-11-5-3-2-4-6-11/h7-8,11H,2-6,13H2,1H3. The van der Waals surface area contributed by atoms with Gasteiger partial charge in [0.05, 0.1) is 11.9 Å². The van der Waals surface area contributed by atoms with Crippen LogP contribution >= 0.6 is 0 Å². The summed E-state index contributed by atoms with van der Waals surface area (Å²) in [5, 5.41) is 0. The van der Waals surface area contributed by atoms with Crippen molar-refractivity contribution in [3.8, 4) is 5.88 Å². The number of nitrogens with two attached hydrogens (primary N) is 1. The highest BCUT2D eigenvalue weighted by atomic mass is 16.5. The van der Waals surface area contributed by atoms with Gasteiger partial charge in [0, 0.05) is 5.56 Å². The van der Waals surface area contributed by atoms with E-state index in [0.29, 0.717) is 11.8 Å². The molecule has 0 unspecified atom stereocenters. The Hall–Kier alpha value is -1.25. The van der Waals surface area contributed by atoms with Crippen molar-refractivity contribution in [2.45, 2.75) is 45.1 Å². The zero-order chi connectivity index (χ0) is 10.7. The molecule has 1 aromatic heterocycles. The Kier molecular flexibility index (Phi) is 3.09. The van der Waals surface area contributed by atoms with Crippen LogP contribution in [0, 0.1) is 6.92 Å². The minimum absolute atomic E-state index is 0.355. The van der Waals surface area contributed by atoms with E-state index in [1.165, 1.54) is 19.3 Å². The van der Waals surface area contributed by atoms with E-state index >= 15 is 0 Å². The van der Waals surface area contributed by atoms with Gasteiger partial charge >= 0.3 is 0 Å². The van der Waals surface area contributed by atoms with Gasteiger partial charge in [0.15, 0.2) is 0 Å². The van der Waals surface area contributed by atoms with Gasteiger partial charge in [0.25, 0.3) is 0 Å². The van der Waals surface area contributed by atoms with Crippen LogP contribution in [-0.2, 0) is 0 Å². The minimum Gasteiger partial charge on any atom is -0.474 e. The summed E-state index contributed by atoms with van der Waals surface area (Å²) in [6.07, 6.45) is 8.22. The molecule has 1 aliphatic carbocycles. The van der Waals surface area contributed by atoms with Gasteiger partial charge in [0.1, 0.15) is 6.10 Å². The van der Waals surface area contributed by atoms with Crippen molar-refractivity contribution in [1.29, 1.82) is 0 Å². The summed E-state index contributed by atoms with van der Waals surface area (Å²) in [5.74, 6) is 0.746. The van der Waals surface area contributed by atoms with E-state index in [1.807, 2.05) is 13.0 Å². The molecule has 15 heavy (non-hydrogen) atoms. The molecule has 0 saturated heterocycles. The number of rotatable bonds is 2. The number of aromatic nitrogens is 1. The van der Waals surface area contributed by atoms with Crippen LogP contribution in [0.5, 0.6) is 5.88 Å². The topological polar surface area (TPSA) is 48.1 Å². The molecule has 3 nitrogen and oxygen atoms in total. The van der Waals surface area contributed by atoms with Crippen LogP contribution < -0.4 is 10.5 Å². The Labute approximate surface area is 90.7 Å². The second-order valence-electron chi connectivity index (χ2n) is 4.27. The summed E-state index contributed by atoms with van der Waals surface area (Å²) < 4.78 is 5.87. The minimum atomic E-state index is 0.355. The Morgan fingerprint density at radius 2 is 2.07 bits per heavy atom. The predicted molar refractivity (Wildman–Crippen MR) is 60.9 cm³/mol. The van der Waals surface area contributed by atoms with Gasteiger partial charge in [-0.3, -0.25) is 0 Å².